The van der Waals surface area contributed by atoms with Crippen LogP contribution in [0.15, 0.2) is 0 Å². The number of nitrogens with zero attached hydrogens (tertiary/aromatic N) is 1. The predicted octanol–water partition coefficient (Wildman–Crippen LogP) is -5.87. The average molecular weight is 1050 g/mol. The molecule has 9 atom stereocenters. The van der Waals surface area contributed by atoms with Gasteiger partial charge in [0.05, 0.1) is 26.1 Å². The molecule has 11 amide bonds. The minimum absolute atomic E-state index is 0.0353. The molecule has 2 aliphatic heterocycles. The number of aliphatic carboxylic acids is 1. The van der Waals surface area contributed by atoms with Crippen LogP contribution in [-0.2, 0) is 57.5 Å². The molecule has 0 saturated carbocycles. The zero-order valence-corrected chi connectivity index (χ0v) is 42.2. The number of rotatable bonds is 21. The summed E-state index contributed by atoms with van der Waals surface area (Å²) in [6.07, 6.45) is 0.748. The van der Waals surface area contributed by atoms with Gasteiger partial charge in [0.1, 0.15) is 54.4 Å². The minimum atomic E-state index is -1.66. The number of nitrogens with two attached hydrogens (primary N) is 3. The Morgan fingerprint density at radius 3 is 2.04 bits per heavy atom. The number of aliphatic hydroxyl groups is 1. The van der Waals surface area contributed by atoms with Gasteiger partial charge in [0.25, 0.3) is 0 Å². The second-order valence-electron chi connectivity index (χ2n) is 17.8. The number of hydrogen-bond acceptors (Lipinski definition) is 17. The lowest BCUT2D eigenvalue weighted by molar-refractivity contribution is -0.143. The number of amides is 11. The second-order valence-corrected chi connectivity index (χ2v) is 20.3. The first-order valence-electron chi connectivity index (χ1n) is 23.2. The number of unbranched alkanes of at least 4 members (excludes halogenated alkanes) is 1. The third kappa shape index (κ3) is 21.2. The molecule has 0 radical (unpaired) electrons. The van der Waals surface area contributed by atoms with Crippen molar-refractivity contribution in [1.29, 1.82) is 0 Å². The Hall–Kier alpha value is -5.78. The number of carboxylic acid groups (broad SMARTS) is 1. The van der Waals surface area contributed by atoms with E-state index in [1.807, 2.05) is 0 Å². The molecule has 0 bridgehead atoms. The Labute approximate surface area is 419 Å². The van der Waals surface area contributed by atoms with E-state index < -0.39 is 157 Å². The normalized spacial score (nSPS) is 21.9. The van der Waals surface area contributed by atoms with E-state index in [0.717, 1.165) is 21.6 Å². The highest BCUT2D eigenvalue weighted by Gasteiger charge is 2.40. The van der Waals surface area contributed by atoms with E-state index in [2.05, 4.69) is 47.9 Å². The summed E-state index contributed by atoms with van der Waals surface area (Å²) in [5.41, 5.74) is 16.6. The van der Waals surface area contributed by atoms with Gasteiger partial charge in [-0.2, -0.15) is 0 Å². The standard InChI is InChI=1S/C42H71N13O14S2/c1-20(2)13-25(51-36(62)24(9-6-7-11-43)50-34(60)22(5)48-35(61)23(44)17-56)37(63)53-28-19-71-70-18-27(39(65)54-33(21(3)4)42(68)69)52-38(64)26(14-30(45)57)49-32(59)16-46-31(58)15-47-40(66)29-10-8-12-55(29)41(28)67/h20-29,33,56H,6-19,43-44H2,1-5H3,(H2,45,57)(H,46,58)(H,47,66)(H,48,61)(H,49,59)(H,50,60)(H,51,62)(H,52,64)(H,53,63)(H,54,65)(H,68,69)/t22-,23-,24-,25-,26?,27-,28-,29?,33-/m0/s1. The Morgan fingerprint density at radius 2 is 1.44 bits per heavy atom. The highest BCUT2D eigenvalue weighted by molar-refractivity contribution is 8.76. The monoisotopic (exact) mass is 1050 g/mol. The molecule has 2 heterocycles. The van der Waals surface area contributed by atoms with Crippen molar-refractivity contribution >= 4 is 92.5 Å². The molecule has 2 rings (SSSR count). The van der Waals surface area contributed by atoms with Crippen molar-refractivity contribution < 1.29 is 67.7 Å². The molecule has 0 aliphatic carbocycles. The molecule has 400 valence electrons. The third-order valence-electron chi connectivity index (χ3n) is 11.0. The molecule has 0 spiro atoms. The van der Waals surface area contributed by atoms with E-state index in [9.17, 15) is 67.7 Å². The van der Waals surface area contributed by atoms with Crippen molar-refractivity contribution in [3.8, 4) is 0 Å². The van der Waals surface area contributed by atoms with Crippen molar-refractivity contribution in [1.82, 2.24) is 52.8 Å². The highest BCUT2D eigenvalue weighted by Crippen LogP contribution is 2.26. The van der Waals surface area contributed by atoms with Crippen LogP contribution in [0, 0.1) is 11.8 Å². The Kier molecular flexibility index (Phi) is 26.6. The molecule has 0 aromatic heterocycles. The topological polar surface area (TPSA) is 435 Å². The maximum absolute atomic E-state index is 14.5. The fraction of sp³-hybridized carbons (Fsp3) is 0.714. The SMILES string of the molecule is CC(C)C[C@H](NC(=O)[C@H](CCCCN)NC(=O)[C@H](C)NC(=O)[C@@H](N)CO)C(=O)N[C@H]1CSSC[C@@H](C(=O)N[C@H](C(=O)O)C(C)C)NC(=O)C(CC(N)=O)NC(=O)CNC(=O)CNC(=O)C2CCCN2C1=O. The number of aliphatic hydroxyl groups excluding tert-OH is 1. The van der Waals surface area contributed by atoms with Crippen LogP contribution in [0.1, 0.15) is 79.6 Å². The molecule has 2 fully saturated rings. The van der Waals surface area contributed by atoms with E-state index in [0.29, 0.717) is 19.3 Å². The molecular weight excluding hydrogens is 975 g/mol. The van der Waals surface area contributed by atoms with E-state index in [1.165, 1.54) is 25.7 Å². The molecule has 2 unspecified atom stereocenters. The van der Waals surface area contributed by atoms with E-state index in [4.69, 9.17) is 17.2 Å². The number of carbonyl (C=O) groups is 12. The smallest absolute Gasteiger partial charge is 0.326 e. The fourth-order valence-electron chi connectivity index (χ4n) is 7.09. The maximum atomic E-state index is 14.5. The lowest BCUT2D eigenvalue weighted by Gasteiger charge is -2.30. The molecule has 0 aromatic carbocycles. The van der Waals surface area contributed by atoms with Gasteiger partial charge in [-0.25, -0.2) is 4.79 Å². The van der Waals surface area contributed by atoms with E-state index >= 15 is 0 Å². The van der Waals surface area contributed by atoms with Gasteiger partial charge >= 0.3 is 5.97 Å². The molecule has 2 saturated heterocycles. The lowest BCUT2D eigenvalue weighted by atomic mass is 10.0. The molecule has 71 heavy (non-hydrogen) atoms. The number of hydrogen-bond donors (Lipinski definition) is 14. The number of primary amides is 1. The molecule has 27 nitrogen and oxygen atoms in total. The molecule has 17 N–H and O–H groups in total. The van der Waals surface area contributed by atoms with Crippen LogP contribution in [-0.4, -0.2) is 185 Å². The predicted molar refractivity (Wildman–Crippen MR) is 259 cm³/mol. The van der Waals surface area contributed by atoms with Crippen molar-refractivity contribution in [2.24, 2.45) is 29.0 Å². The Morgan fingerprint density at radius 1 is 0.789 bits per heavy atom. The number of nitrogens with one attached hydrogen (secondary N) is 9. The van der Waals surface area contributed by atoms with Crippen molar-refractivity contribution in [2.75, 3.05) is 44.3 Å². The largest absolute Gasteiger partial charge is 0.480 e. The number of fused-ring (bicyclic) bond motifs is 1. The van der Waals surface area contributed by atoms with Crippen LogP contribution in [0.4, 0.5) is 0 Å². The Balaban J connectivity index is 2.55. The van der Waals surface area contributed by atoms with Crippen molar-refractivity contribution in [3.63, 3.8) is 0 Å². The quantitative estimate of drug-likeness (QED) is 0.0376. The van der Waals surface area contributed by atoms with Gasteiger partial charge in [-0.15, -0.1) is 0 Å². The van der Waals surface area contributed by atoms with Gasteiger partial charge in [-0.1, -0.05) is 49.3 Å². The molecular formula is C42H71N13O14S2. The summed E-state index contributed by atoms with van der Waals surface area (Å²) in [4.78, 5) is 160. The zero-order chi connectivity index (χ0) is 53.5. The summed E-state index contributed by atoms with van der Waals surface area (Å²) < 4.78 is 0. The molecule has 0 aromatic rings. The summed E-state index contributed by atoms with van der Waals surface area (Å²) in [5, 5.41) is 41.1. The summed E-state index contributed by atoms with van der Waals surface area (Å²) in [5.74, 6) is -12.3. The van der Waals surface area contributed by atoms with Crippen LogP contribution in [0.25, 0.3) is 0 Å². The van der Waals surface area contributed by atoms with E-state index in [1.54, 1.807) is 13.8 Å². The van der Waals surface area contributed by atoms with Crippen molar-refractivity contribution in [3.05, 3.63) is 0 Å². The second kappa shape index (κ2) is 30.8. The third-order valence-corrected chi connectivity index (χ3v) is 13.4. The van der Waals surface area contributed by atoms with E-state index in [-0.39, 0.29) is 49.8 Å². The van der Waals surface area contributed by atoms with Crippen LogP contribution >= 0.6 is 21.6 Å². The lowest BCUT2D eigenvalue weighted by Crippen LogP contribution is -2.60. The van der Waals surface area contributed by atoms with Gasteiger partial charge in [0.15, 0.2) is 0 Å². The van der Waals surface area contributed by atoms with Crippen LogP contribution < -0.4 is 65.1 Å². The molecule has 2 aliphatic rings. The Bertz CT molecular complexity index is 1930. The minimum Gasteiger partial charge on any atom is -0.480 e. The van der Waals surface area contributed by atoms with Crippen LogP contribution in [0.3, 0.4) is 0 Å². The summed E-state index contributed by atoms with van der Waals surface area (Å²) >= 11 is 0. The van der Waals surface area contributed by atoms with Crippen molar-refractivity contribution in [2.45, 2.75) is 134 Å². The van der Waals surface area contributed by atoms with Crippen LogP contribution in [0.2, 0.25) is 0 Å². The number of carboxylic acids is 1. The summed E-state index contributed by atoms with van der Waals surface area (Å²) in [6.45, 7) is 6.26. The van der Waals surface area contributed by atoms with Gasteiger partial charge in [-0.3, -0.25) is 52.7 Å². The fourth-order valence-corrected chi connectivity index (χ4v) is 9.41. The summed E-state index contributed by atoms with van der Waals surface area (Å²) in [7, 11) is 1.86. The average Bonchev–Trinajstić information content (AvgIpc) is 3.80. The zero-order valence-electron chi connectivity index (χ0n) is 40.5. The highest BCUT2D eigenvalue weighted by atomic mass is 33.1. The van der Waals surface area contributed by atoms with Gasteiger partial charge in [0, 0.05) is 18.1 Å². The molecule has 29 heteroatoms. The van der Waals surface area contributed by atoms with Crippen LogP contribution in [0.5, 0.6) is 0 Å². The van der Waals surface area contributed by atoms with Gasteiger partial charge in [0.2, 0.25) is 65.0 Å². The number of carbonyl (C=O) groups excluding carboxylic acids is 11. The van der Waals surface area contributed by atoms with Gasteiger partial charge < -0.3 is 80.2 Å². The summed E-state index contributed by atoms with van der Waals surface area (Å²) in [6, 6.07) is -12.1. The first kappa shape index (κ1) is 61.3. The van der Waals surface area contributed by atoms with Gasteiger partial charge in [-0.05, 0) is 63.8 Å². The first-order valence-corrected chi connectivity index (χ1v) is 25.7. The maximum Gasteiger partial charge on any atom is 0.326 e. The first-order chi connectivity index (χ1) is 33.4.